The van der Waals surface area contributed by atoms with Crippen LogP contribution in [0, 0.1) is 50.7 Å². The normalized spacial score (nSPS) is 35.8. The maximum absolute atomic E-state index is 14.4. The highest BCUT2D eigenvalue weighted by atomic mass is 16.7. The third kappa shape index (κ3) is 8.68. The second-order valence-electron chi connectivity index (χ2n) is 19.3. The summed E-state index contributed by atoms with van der Waals surface area (Å²) >= 11 is 0. The molecule has 8 atom stereocenters. The fourth-order valence-corrected chi connectivity index (χ4v) is 12.1. The van der Waals surface area contributed by atoms with Crippen LogP contribution in [0.4, 0.5) is 0 Å². The number of amides is 3. The molecule has 1 N–H and O–H groups in total. The molecule has 57 heavy (non-hydrogen) atoms. The summed E-state index contributed by atoms with van der Waals surface area (Å²) in [6.07, 6.45) is 10.1. The first-order valence-corrected chi connectivity index (χ1v) is 21.4. The van der Waals surface area contributed by atoms with Gasteiger partial charge in [-0.05, 0) is 91.4 Å². The molecular weight excluding hydrogens is 732 g/mol. The fourth-order valence-electron chi connectivity index (χ4n) is 12.1. The smallest absolute Gasteiger partial charge is 0.335 e. The van der Waals surface area contributed by atoms with Gasteiger partial charge in [0.2, 0.25) is 5.91 Å². The lowest BCUT2D eigenvalue weighted by molar-refractivity contribution is -0.198. The molecule has 0 aromatic carbocycles. The van der Waals surface area contributed by atoms with E-state index in [2.05, 4.69) is 46.9 Å². The number of Topliss-reactive ketones (excluding diaryl/α,β-unsaturated/α-hetero) is 1. The van der Waals surface area contributed by atoms with Crippen molar-refractivity contribution in [2.45, 2.75) is 119 Å². The van der Waals surface area contributed by atoms with Gasteiger partial charge in [0.25, 0.3) is 11.8 Å². The molecular formula is C44H66N2O11. The van der Waals surface area contributed by atoms with E-state index in [0.29, 0.717) is 69.4 Å². The maximum atomic E-state index is 14.4. The molecule has 4 saturated carbocycles. The summed E-state index contributed by atoms with van der Waals surface area (Å²) in [5.74, 6) is -0.402. The average Bonchev–Trinajstić information content (AvgIpc) is 3.47. The summed E-state index contributed by atoms with van der Waals surface area (Å²) in [7, 11) is 0. The highest BCUT2D eigenvalue weighted by Gasteiger charge is 2.67. The highest BCUT2D eigenvalue weighted by Crippen LogP contribution is 2.71. The molecule has 13 nitrogen and oxygen atoms in total. The van der Waals surface area contributed by atoms with E-state index < -0.39 is 28.6 Å². The van der Waals surface area contributed by atoms with Crippen LogP contribution >= 0.6 is 0 Å². The van der Waals surface area contributed by atoms with Gasteiger partial charge in [-0.15, -0.1) is 5.06 Å². The van der Waals surface area contributed by atoms with Crippen LogP contribution in [0.5, 0.6) is 0 Å². The monoisotopic (exact) mass is 798 g/mol. The van der Waals surface area contributed by atoms with Gasteiger partial charge < -0.3 is 29.1 Å². The van der Waals surface area contributed by atoms with Crippen molar-refractivity contribution in [2.24, 2.45) is 50.7 Å². The number of ketones is 2. The van der Waals surface area contributed by atoms with Crippen molar-refractivity contribution in [2.75, 3.05) is 59.4 Å². The molecule has 0 spiro atoms. The number of carbonyl (C=O) groups is 6. The van der Waals surface area contributed by atoms with E-state index in [9.17, 15) is 28.8 Å². The molecule has 1 aliphatic heterocycles. The lowest BCUT2D eigenvalue weighted by Crippen LogP contribution is -2.63. The number of hydroxylamine groups is 2. The second-order valence-corrected chi connectivity index (χ2v) is 19.3. The molecule has 1 heterocycles. The molecule has 1 unspecified atom stereocenters. The Kier molecular flexibility index (Phi) is 13.2. The molecule has 1 saturated heterocycles. The first kappa shape index (κ1) is 43.6. The average molecular weight is 799 g/mol. The van der Waals surface area contributed by atoms with E-state index in [1.165, 1.54) is 5.57 Å². The molecule has 0 aromatic rings. The van der Waals surface area contributed by atoms with Crippen molar-refractivity contribution >= 4 is 35.3 Å². The Morgan fingerprint density at radius 2 is 1.32 bits per heavy atom. The zero-order valence-electron chi connectivity index (χ0n) is 35.2. The molecule has 0 radical (unpaired) electrons. The summed E-state index contributed by atoms with van der Waals surface area (Å²) in [4.78, 5) is 80.8. The van der Waals surface area contributed by atoms with Crippen LogP contribution in [0.2, 0.25) is 0 Å². The third-order valence-electron chi connectivity index (χ3n) is 15.4. The van der Waals surface area contributed by atoms with Crippen molar-refractivity contribution in [3.05, 3.63) is 11.6 Å². The highest BCUT2D eigenvalue weighted by molar-refractivity contribution is 6.01. The largest absolute Gasteiger partial charge is 0.378 e. The number of rotatable bonds is 17. The van der Waals surface area contributed by atoms with E-state index in [1.807, 2.05) is 6.08 Å². The Labute approximate surface area is 338 Å². The number of nitrogens with zero attached hydrogens (tertiary/aromatic N) is 1. The van der Waals surface area contributed by atoms with Crippen LogP contribution in [0.1, 0.15) is 119 Å². The summed E-state index contributed by atoms with van der Waals surface area (Å²) in [6.45, 7) is 16.4. The van der Waals surface area contributed by atoms with Crippen LogP contribution in [-0.2, 0) is 52.6 Å². The minimum Gasteiger partial charge on any atom is -0.378 e. The first-order valence-electron chi connectivity index (χ1n) is 21.4. The van der Waals surface area contributed by atoms with Gasteiger partial charge in [-0.3, -0.25) is 24.0 Å². The Morgan fingerprint density at radius 3 is 1.96 bits per heavy atom. The van der Waals surface area contributed by atoms with Crippen molar-refractivity contribution in [3.63, 3.8) is 0 Å². The summed E-state index contributed by atoms with van der Waals surface area (Å²) in [5.41, 5.74) is 0.136. The minimum absolute atomic E-state index is 0.0512. The zero-order valence-corrected chi connectivity index (χ0v) is 35.2. The van der Waals surface area contributed by atoms with Gasteiger partial charge in [-0.25, -0.2) is 4.79 Å². The van der Waals surface area contributed by atoms with E-state index in [0.717, 1.165) is 51.4 Å². The number of fused-ring (bicyclic) bond motifs is 7. The topological polar surface area (TPSA) is 164 Å². The van der Waals surface area contributed by atoms with Crippen LogP contribution in [0.25, 0.3) is 0 Å². The van der Waals surface area contributed by atoms with Crippen molar-refractivity contribution in [3.8, 4) is 0 Å². The quantitative estimate of drug-likeness (QED) is 0.150. The maximum Gasteiger partial charge on any atom is 0.335 e. The van der Waals surface area contributed by atoms with Crippen LogP contribution in [0.15, 0.2) is 11.6 Å². The van der Waals surface area contributed by atoms with Gasteiger partial charge in [0.1, 0.15) is 5.78 Å². The summed E-state index contributed by atoms with van der Waals surface area (Å²) in [5, 5.41) is 3.66. The number of hydrogen-bond acceptors (Lipinski definition) is 11. The molecule has 3 amide bonds. The molecule has 5 fully saturated rings. The van der Waals surface area contributed by atoms with Crippen molar-refractivity contribution in [1.82, 2.24) is 10.4 Å². The van der Waals surface area contributed by atoms with E-state index >= 15 is 0 Å². The van der Waals surface area contributed by atoms with E-state index in [-0.39, 0.29) is 78.2 Å². The van der Waals surface area contributed by atoms with Crippen LogP contribution in [0.3, 0.4) is 0 Å². The van der Waals surface area contributed by atoms with Gasteiger partial charge in [0.05, 0.1) is 59.3 Å². The minimum atomic E-state index is -0.706. The number of carbonyl (C=O) groups excluding carboxylic acids is 6. The Morgan fingerprint density at radius 1 is 0.702 bits per heavy atom. The predicted molar refractivity (Wildman–Crippen MR) is 208 cm³/mol. The van der Waals surface area contributed by atoms with E-state index in [1.54, 1.807) is 0 Å². The lowest BCUT2D eigenvalue weighted by atomic mass is 9.37. The van der Waals surface area contributed by atoms with Gasteiger partial charge in [0, 0.05) is 42.6 Å². The fraction of sp³-hybridized carbons (Fsp3) is 0.818. The summed E-state index contributed by atoms with van der Waals surface area (Å²) < 4.78 is 22.1. The van der Waals surface area contributed by atoms with Crippen LogP contribution < -0.4 is 5.32 Å². The zero-order chi connectivity index (χ0) is 41.2. The molecule has 318 valence electrons. The third-order valence-corrected chi connectivity index (χ3v) is 15.4. The second kappa shape index (κ2) is 17.3. The Hall–Kier alpha value is -3.00. The number of ether oxygens (including phenoxy) is 4. The van der Waals surface area contributed by atoms with Crippen molar-refractivity contribution in [1.29, 1.82) is 0 Å². The molecule has 0 bridgehead atoms. The number of allylic oxidation sites excluding steroid dienone is 2. The standard InChI is InChI=1S/C44H66N2O11/c1-40(2)33-10-14-43(5)30-9-13-41(3)16-17-42(4,28-31(41)29(30)27-32(47)38(43)44(33,6)15-11-34(40)48)39(52)45-18-20-54-22-24-56-26-25-55-23-21-53-19-12-37(51)57-46-35(49)7-8-36(46)50/h27,30-31,33,38H,7-26,28H2,1-6H3,(H,45,52)/t30?,31-,33+,38+,41+,42+,43+,44+/m1/s1. The molecule has 5 aliphatic carbocycles. The Balaban J connectivity index is 0.876. The molecule has 13 heteroatoms. The number of imide groups is 1. The Bertz CT molecular complexity index is 1590. The molecule has 0 aromatic heterocycles. The lowest BCUT2D eigenvalue weighted by Gasteiger charge is -2.66. The molecule has 6 rings (SSSR count). The van der Waals surface area contributed by atoms with Gasteiger partial charge in [-0.2, -0.15) is 0 Å². The van der Waals surface area contributed by atoms with Crippen LogP contribution in [-0.4, -0.2) is 99.7 Å². The summed E-state index contributed by atoms with van der Waals surface area (Å²) in [6, 6.07) is 0. The van der Waals surface area contributed by atoms with E-state index in [4.69, 9.17) is 23.8 Å². The van der Waals surface area contributed by atoms with Gasteiger partial charge in [-0.1, -0.05) is 47.1 Å². The number of hydrogen-bond donors (Lipinski definition) is 1. The molecule has 6 aliphatic rings. The SMILES string of the molecule is CC1(C)C(=O)CC[C@]2(C)[C@H]3C(=O)C=C4C(CC[C@@]5(C)CC[C@](C)(C(=O)NCCOCCOCCOCCOCCC(=O)ON6C(=O)CCC6=O)C[C@H]45)[C@]3(C)CC[C@@H]12. The van der Waals surface area contributed by atoms with Gasteiger partial charge in [0.15, 0.2) is 5.78 Å². The van der Waals surface area contributed by atoms with Gasteiger partial charge >= 0.3 is 5.97 Å². The number of nitrogens with one attached hydrogen (secondary N) is 1. The predicted octanol–water partition coefficient (Wildman–Crippen LogP) is 5.33. The van der Waals surface area contributed by atoms with Crippen molar-refractivity contribution < 1.29 is 52.6 Å². The first-order chi connectivity index (χ1) is 27.0.